The van der Waals surface area contributed by atoms with Crippen LogP contribution in [0.1, 0.15) is 66.1 Å². The van der Waals surface area contributed by atoms with E-state index >= 15 is 0 Å². The lowest BCUT2D eigenvalue weighted by Gasteiger charge is -2.28. The lowest BCUT2D eigenvalue weighted by Crippen LogP contribution is -2.38. The number of benzene rings is 1. The summed E-state index contributed by atoms with van der Waals surface area (Å²) in [5.41, 5.74) is 4.51. The van der Waals surface area contributed by atoms with Crippen molar-refractivity contribution in [2.75, 3.05) is 13.1 Å². The normalized spacial score (nSPS) is 20.3. The Morgan fingerprint density at radius 3 is 2.52 bits per heavy atom. The third-order valence-corrected chi connectivity index (χ3v) is 4.96. The third kappa shape index (κ3) is 3.94. The quantitative estimate of drug-likeness (QED) is 0.763. The number of hydrogen-bond acceptors (Lipinski definition) is 2. The van der Waals surface area contributed by atoms with E-state index in [2.05, 4.69) is 44.7 Å². The number of likely N-dealkylation sites (tertiary alicyclic amines) is 1. The molecule has 116 valence electrons. The Labute approximate surface area is 129 Å². The third-order valence-electron chi connectivity index (χ3n) is 4.96. The van der Waals surface area contributed by atoms with Gasteiger partial charge in [-0.25, -0.2) is 0 Å². The van der Waals surface area contributed by atoms with Crippen molar-refractivity contribution in [2.45, 2.75) is 65.8 Å². The van der Waals surface area contributed by atoms with E-state index in [-0.39, 0.29) is 5.78 Å². The van der Waals surface area contributed by atoms with Crippen LogP contribution in [0, 0.1) is 20.8 Å². The molecule has 0 N–H and O–H groups in total. The van der Waals surface area contributed by atoms with Crippen molar-refractivity contribution in [1.29, 1.82) is 0 Å². The molecule has 21 heavy (non-hydrogen) atoms. The molecule has 1 heterocycles. The van der Waals surface area contributed by atoms with Gasteiger partial charge in [-0.2, -0.15) is 0 Å². The van der Waals surface area contributed by atoms with Crippen LogP contribution >= 0.6 is 0 Å². The van der Waals surface area contributed by atoms with Crippen LogP contribution in [0.5, 0.6) is 0 Å². The molecule has 1 unspecified atom stereocenters. The average Bonchev–Trinajstić information content (AvgIpc) is 2.67. The molecule has 2 nitrogen and oxygen atoms in total. The smallest absolute Gasteiger partial charge is 0.177 e. The van der Waals surface area contributed by atoms with Gasteiger partial charge in [-0.05, 0) is 69.3 Å². The molecule has 0 saturated carbocycles. The molecule has 1 saturated heterocycles. The average molecular weight is 287 g/mol. The first-order valence-corrected chi connectivity index (χ1v) is 8.38. The summed E-state index contributed by atoms with van der Waals surface area (Å²) in [6.07, 6.45) is 6.25. The van der Waals surface area contributed by atoms with E-state index in [1.54, 1.807) is 0 Å². The molecule has 1 fully saturated rings. The summed E-state index contributed by atoms with van der Waals surface area (Å²) in [6.45, 7) is 10.2. The summed E-state index contributed by atoms with van der Waals surface area (Å²) in [7, 11) is 0. The summed E-state index contributed by atoms with van der Waals surface area (Å²) in [6, 6.07) is 4.80. The van der Waals surface area contributed by atoms with Gasteiger partial charge in [-0.15, -0.1) is 0 Å². The number of aryl methyl sites for hydroxylation is 3. The summed E-state index contributed by atoms with van der Waals surface area (Å²) in [5, 5.41) is 0. The van der Waals surface area contributed by atoms with Gasteiger partial charge in [-0.1, -0.05) is 25.8 Å². The van der Waals surface area contributed by atoms with Crippen LogP contribution in [0.3, 0.4) is 0 Å². The van der Waals surface area contributed by atoms with Crippen molar-refractivity contribution in [3.8, 4) is 0 Å². The van der Waals surface area contributed by atoms with E-state index in [0.717, 1.165) is 24.1 Å². The molecular formula is C19H29NO. The van der Waals surface area contributed by atoms with Gasteiger partial charge in [-0.3, -0.25) is 9.69 Å². The highest BCUT2D eigenvalue weighted by molar-refractivity contribution is 5.99. The first kappa shape index (κ1) is 16.2. The zero-order chi connectivity index (χ0) is 15.4. The maximum absolute atomic E-state index is 12.7. The number of carbonyl (C=O) groups is 1. The number of carbonyl (C=O) groups excluding carboxylic acids is 1. The summed E-state index contributed by atoms with van der Waals surface area (Å²) in [5.74, 6) is 0.288. The van der Waals surface area contributed by atoms with Gasteiger partial charge in [0.1, 0.15) is 0 Å². The van der Waals surface area contributed by atoms with Gasteiger partial charge in [0.05, 0.1) is 6.54 Å². The van der Waals surface area contributed by atoms with Gasteiger partial charge in [0, 0.05) is 11.6 Å². The maximum Gasteiger partial charge on any atom is 0.177 e. The number of hydrogen-bond donors (Lipinski definition) is 0. The van der Waals surface area contributed by atoms with Crippen molar-refractivity contribution in [1.82, 2.24) is 4.90 Å². The van der Waals surface area contributed by atoms with E-state index < -0.39 is 0 Å². The standard InChI is InChI=1S/C19H29NO/c1-5-17-9-7-6-8-10-20(17)13-19(21)18-12-15(3)14(2)11-16(18)4/h11-12,17H,5-10,13H2,1-4H3. The fraction of sp³-hybridized carbons (Fsp3) is 0.632. The van der Waals surface area contributed by atoms with E-state index in [1.807, 2.05) is 0 Å². The Morgan fingerprint density at radius 1 is 1.10 bits per heavy atom. The minimum Gasteiger partial charge on any atom is -0.293 e. The lowest BCUT2D eigenvalue weighted by molar-refractivity contribution is 0.0890. The molecule has 0 spiro atoms. The van der Waals surface area contributed by atoms with Crippen LogP contribution in [0.25, 0.3) is 0 Å². The molecule has 2 rings (SSSR count). The number of nitrogens with zero attached hydrogens (tertiary/aromatic N) is 1. The molecule has 0 bridgehead atoms. The minimum atomic E-state index is 0.288. The number of Topliss-reactive ketones (excluding diaryl/α,β-unsaturated/α-hetero) is 1. The van der Waals surface area contributed by atoms with Gasteiger partial charge in [0.25, 0.3) is 0 Å². The van der Waals surface area contributed by atoms with Crippen molar-refractivity contribution in [2.24, 2.45) is 0 Å². The maximum atomic E-state index is 12.7. The van der Waals surface area contributed by atoms with Crippen LogP contribution in [0.4, 0.5) is 0 Å². The highest BCUT2D eigenvalue weighted by atomic mass is 16.1. The molecule has 1 aromatic carbocycles. The topological polar surface area (TPSA) is 20.3 Å². The van der Waals surface area contributed by atoms with Gasteiger partial charge in [0.2, 0.25) is 0 Å². The minimum absolute atomic E-state index is 0.288. The zero-order valence-electron chi connectivity index (χ0n) is 14.0. The van der Waals surface area contributed by atoms with E-state index in [1.165, 1.54) is 36.8 Å². The molecule has 1 aromatic rings. The van der Waals surface area contributed by atoms with Crippen LogP contribution < -0.4 is 0 Å². The van der Waals surface area contributed by atoms with Crippen LogP contribution in [-0.4, -0.2) is 29.8 Å². The van der Waals surface area contributed by atoms with Crippen molar-refractivity contribution >= 4 is 5.78 Å². The molecule has 1 atom stereocenters. The Balaban J connectivity index is 2.14. The predicted molar refractivity (Wildman–Crippen MR) is 89.1 cm³/mol. The van der Waals surface area contributed by atoms with Gasteiger partial charge in [0.15, 0.2) is 5.78 Å². The van der Waals surface area contributed by atoms with Crippen LogP contribution in [-0.2, 0) is 0 Å². The summed E-state index contributed by atoms with van der Waals surface area (Å²) < 4.78 is 0. The van der Waals surface area contributed by atoms with E-state index in [4.69, 9.17) is 0 Å². The molecule has 0 radical (unpaired) electrons. The summed E-state index contributed by atoms with van der Waals surface area (Å²) >= 11 is 0. The SMILES string of the molecule is CCC1CCCCCN1CC(=O)c1cc(C)c(C)cc1C. The second-order valence-electron chi connectivity index (χ2n) is 6.56. The van der Waals surface area contributed by atoms with E-state index in [0.29, 0.717) is 12.6 Å². The fourth-order valence-corrected chi connectivity index (χ4v) is 3.44. The van der Waals surface area contributed by atoms with Crippen LogP contribution in [0.15, 0.2) is 12.1 Å². The zero-order valence-corrected chi connectivity index (χ0v) is 14.0. The predicted octanol–water partition coefficient (Wildman–Crippen LogP) is 4.45. The Bertz CT molecular complexity index is 507. The number of ketones is 1. The largest absolute Gasteiger partial charge is 0.293 e. The molecule has 0 aromatic heterocycles. The Morgan fingerprint density at radius 2 is 1.81 bits per heavy atom. The molecular weight excluding hydrogens is 258 g/mol. The Kier molecular flexibility index (Phi) is 5.58. The van der Waals surface area contributed by atoms with Crippen molar-refractivity contribution < 1.29 is 4.79 Å². The highest BCUT2D eigenvalue weighted by Crippen LogP contribution is 2.21. The highest BCUT2D eigenvalue weighted by Gasteiger charge is 2.22. The van der Waals surface area contributed by atoms with Crippen molar-refractivity contribution in [3.05, 3.63) is 34.4 Å². The fourth-order valence-electron chi connectivity index (χ4n) is 3.44. The molecule has 2 heteroatoms. The second-order valence-corrected chi connectivity index (χ2v) is 6.56. The Hall–Kier alpha value is -1.15. The first-order valence-electron chi connectivity index (χ1n) is 8.38. The second kappa shape index (κ2) is 7.22. The monoisotopic (exact) mass is 287 g/mol. The van der Waals surface area contributed by atoms with E-state index in [9.17, 15) is 4.79 Å². The van der Waals surface area contributed by atoms with Crippen molar-refractivity contribution in [3.63, 3.8) is 0 Å². The van der Waals surface area contributed by atoms with Gasteiger partial charge < -0.3 is 0 Å². The molecule has 1 aliphatic heterocycles. The molecule has 0 aliphatic carbocycles. The first-order chi connectivity index (χ1) is 10.0. The molecule has 0 amide bonds. The molecule has 1 aliphatic rings. The number of rotatable bonds is 4. The van der Waals surface area contributed by atoms with Crippen LogP contribution in [0.2, 0.25) is 0 Å². The lowest BCUT2D eigenvalue weighted by atomic mass is 9.97. The van der Waals surface area contributed by atoms with Gasteiger partial charge >= 0.3 is 0 Å². The summed E-state index contributed by atoms with van der Waals surface area (Å²) in [4.78, 5) is 15.1.